The molecule has 0 N–H and O–H groups in total. The predicted octanol–water partition coefficient (Wildman–Crippen LogP) is 8.96. The molecule has 3 nitrogen and oxygen atoms in total. The van der Waals surface area contributed by atoms with Crippen molar-refractivity contribution >= 4 is 64.4 Å². The van der Waals surface area contributed by atoms with Gasteiger partial charge in [-0.3, -0.25) is 0 Å². The van der Waals surface area contributed by atoms with Crippen LogP contribution in [0.4, 0.5) is 0 Å². The van der Waals surface area contributed by atoms with Crippen LogP contribution in [0, 0.1) is 0 Å². The van der Waals surface area contributed by atoms with Gasteiger partial charge >= 0.3 is 0 Å². The summed E-state index contributed by atoms with van der Waals surface area (Å²) in [5, 5.41) is 5.13. The molecule has 0 aliphatic rings. The number of oxazole rings is 1. The van der Waals surface area contributed by atoms with Gasteiger partial charge in [0.1, 0.15) is 5.52 Å². The number of rotatable bonds is 2. The van der Waals surface area contributed by atoms with E-state index in [1.165, 1.54) is 48.4 Å². The van der Waals surface area contributed by atoms with Gasteiger partial charge in [-0.1, -0.05) is 78.9 Å². The van der Waals surface area contributed by atoms with Gasteiger partial charge in [0.25, 0.3) is 0 Å². The maximum absolute atomic E-state index is 5.84. The number of aromatic nitrogens is 2. The lowest BCUT2D eigenvalue weighted by Gasteiger charge is -2.11. The normalized spacial score (nSPS) is 12.0. The summed E-state index contributed by atoms with van der Waals surface area (Å²) in [5.41, 5.74) is 7.35. The highest BCUT2D eigenvalue weighted by atomic mass is 32.1. The molecule has 4 heteroatoms. The van der Waals surface area contributed by atoms with Crippen molar-refractivity contribution in [2.24, 2.45) is 0 Å². The Morgan fingerprint density at radius 1 is 0.686 bits per heavy atom. The van der Waals surface area contributed by atoms with E-state index in [0.717, 1.165) is 27.9 Å². The highest BCUT2D eigenvalue weighted by Crippen LogP contribution is 2.43. The lowest BCUT2D eigenvalue weighted by atomic mass is 10.0. The topological polar surface area (TPSA) is 31.0 Å². The van der Waals surface area contributed by atoms with Crippen molar-refractivity contribution in [1.29, 1.82) is 0 Å². The second-order valence-corrected chi connectivity index (χ2v) is 9.90. The standard InChI is InChI=1S/C31H18N2OS/c1-2-8-19(9-3-1)25-16-20(17-26-30(25)34-18-32-26)33-27-12-6-4-10-21(27)23-14-15-24-22-11-5-7-13-28(22)35-31(24)29(23)33/h1-18H. The Kier molecular flexibility index (Phi) is 3.82. The summed E-state index contributed by atoms with van der Waals surface area (Å²) < 4.78 is 10.9. The Hall–Kier alpha value is -4.41. The fourth-order valence-electron chi connectivity index (χ4n) is 5.41. The first kappa shape index (κ1) is 19.0. The molecule has 8 aromatic rings. The third-order valence-corrected chi connectivity index (χ3v) is 8.13. The zero-order chi connectivity index (χ0) is 22.9. The Labute approximate surface area is 204 Å². The molecule has 0 saturated carbocycles. The predicted molar refractivity (Wildman–Crippen MR) is 147 cm³/mol. The summed E-state index contributed by atoms with van der Waals surface area (Å²) in [7, 11) is 0. The zero-order valence-corrected chi connectivity index (χ0v) is 19.4. The van der Waals surface area contributed by atoms with Crippen molar-refractivity contribution in [3.05, 3.63) is 110 Å². The minimum Gasteiger partial charge on any atom is -0.443 e. The van der Waals surface area contributed by atoms with Crippen LogP contribution in [-0.4, -0.2) is 9.55 Å². The smallest absolute Gasteiger partial charge is 0.182 e. The van der Waals surface area contributed by atoms with Crippen LogP contribution in [0.3, 0.4) is 0 Å². The lowest BCUT2D eigenvalue weighted by Crippen LogP contribution is -1.95. The third kappa shape index (κ3) is 2.63. The first-order valence-corrected chi connectivity index (χ1v) is 12.4. The molecule has 164 valence electrons. The number of nitrogens with zero attached hydrogens (tertiary/aromatic N) is 2. The van der Waals surface area contributed by atoms with Gasteiger partial charge in [0, 0.05) is 37.5 Å². The average molecular weight is 467 g/mol. The van der Waals surface area contributed by atoms with Crippen LogP contribution in [0.5, 0.6) is 0 Å². The Bertz CT molecular complexity index is 2060. The molecule has 8 rings (SSSR count). The highest BCUT2D eigenvalue weighted by Gasteiger charge is 2.19. The van der Waals surface area contributed by atoms with E-state index in [-0.39, 0.29) is 0 Å². The van der Waals surface area contributed by atoms with Gasteiger partial charge in [0.15, 0.2) is 12.0 Å². The Morgan fingerprint density at radius 2 is 1.46 bits per heavy atom. The van der Waals surface area contributed by atoms with E-state index in [0.29, 0.717) is 0 Å². The van der Waals surface area contributed by atoms with Gasteiger partial charge in [-0.2, -0.15) is 0 Å². The summed E-state index contributed by atoms with van der Waals surface area (Å²) in [4.78, 5) is 4.56. The van der Waals surface area contributed by atoms with Gasteiger partial charge in [0.05, 0.1) is 15.7 Å². The maximum Gasteiger partial charge on any atom is 0.182 e. The molecular weight excluding hydrogens is 448 g/mol. The maximum atomic E-state index is 5.84. The monoisotopic (exact) mass is 466 g/mol. The molecule has 0 aliphatic carbocycles. The number of fused-ring (bicyclic) bond motifs is 8. The molecule has 0 radical (unpaired) electrons. The molecular formula is C31H18N2OS. The molecule has 0 unspecified atom stereocenters. The molecule has 0 atom stereocenters. The molecule has 0 aliphatic heterocycles. The first-order chi connectivity index (χ1) is 17.4. The van der Waals surface area contributed by atoms with Crippen molar-refractivity contribution in [1.82, 2.24) is 9.55 Å². The first-order valence-electron chi connectivity index (χ1n) is 11.6. The van der Waals surface area contributed by atoms with Crippen LogP contribution < -0.4 is 0 Å². The van der Waals surface area contributed by atoms with Crippen LogP contribution in [0.15, 0.2) is 114 Å². The average Bonchev–Trinajstić information content (AvgIpc) is 3.62. The lowest BCUT2D eigenvalue weighted by molar-refractivity contribution is 0.603. The molecule has 0 spiro atoms. The third-order valence-electron chi connectivity index (χ3n) is 6.94. The number of benzene rings is 5. The van der Waals surface area contributed by atoms with Crippen LogP contribution in [0.25, 0.3) is 69.9 Å². The van der Waals surface area contributed by atoms with Crippen molar-refractivity contribution in [2.75, 3.05) is 0 Å². The van der Waals surface area contributed by atoms with Crippen molar-refractivity contribution in [3.63, 3.8) is 0 Å². The second-order valence-electron chi connectivity index (χ2n) is 8.85. The van der Waals surface area contributed by atoms with Crippen molar-refractivity contribution < 1.29 is 4.42 Å². The van der Waals surface area contributed by atoms with Crippen molar-refractivity contribution in [3.8, 4) is 16.8 Å². The van der Waals surface area contributed by atoms with E-state index in [9.17, 15) is 0 Å². The second kappa shape index (κ2) is 7.05. The molecule has 5 aromatic carbocycles. The van der Waals surface area contributed by atoms with Gasteiger partial charge in [0.2, 0.25) is 0 Å². The minimum absolute atomic E-state index is 0.813. The summed E-state index contributed by atoms with van der Waals surface area (Å²) in [6.07, 6.45) is 1.54. The molecule has 3 aromatic heterocycles. The van der Waals surface area contributed by atoms with E-state index >= 15 is 0 Å². The molecule has 0 saturated heterocycles. The van der Waals surface area contributed by atoms with Crippen LogP contribution in [0.1, 0.15) is 0 Å². The summed E-state index contributed by atoms with van der Waals surface area (Å²) in [5.74, 6) is 0. The number of hydrogen-bond donors (Lipinski definition) is 0. The molecule has 35 heavy (non-hydrogen) atoms. The summed E-state index contributed by atoms with van der Waals surface area (Å²) in [6.45, 7) is 0. The fourth-order valence-corrected chi connectivity index (χ4v) is 6.65. The highest BCUT2D eigenvalue weighted by molar-refractivity contribution is 7.26. The zero-order valence-electron chi connectivity index (χ0n) is 18.6. The number of hydrogen-bond acceptors (Lipinski definition) is 3. The van der Waals surface area contributed by atoms with Gasteiger partial charge in [-0.05, 0) is 29.8 Å². The molecule has 3 heterocycles. The van der Waals surface area contributed by atoms with E-state index < -0.39 is 0 Å². The van der Waals surface area contributed by atoms with Crippen LogP contribution in [-0.2, 0) is 0 Å². The van der Waals surface area contributed by atoms with E-state index in [2.05, 4.69) is 107 Å². The Balaban J connectivity index is 1.56. The fraction of sp³-hybridized carbons (Fsp3) is 0. The quantitative estimate of drug-likeness (QED) is 0.255. The van der Waals surface area contributed by atoms with E-state index in [4.69, 9.17) is 4.42 Å². The number of thiophene rings is 1. The van der Waals surface area contributed by atoms with Gasteiger partial charge in [-0.15, -0.1) is 11.3 Å². The number of para-hydroxylation sites is 1. The SMILES string of the molecule is c1ccc(-c2cc(-n3c4ccccc4c4ccc5c6ccccc6sc5c43)cc3ncoc23)cc1. The van der Waals surface area contributed by atoms with Crippen molar-refractivity contribution in [2.45, 2.75) is 0 Å². The summed E-state index contributed by atoms with van der Waals surface area (Å²) in [6, 6.07) is 36.7. The largest absolute Gasteiger partial charge is 0.443 e. The Morgan fingerprint density at radius 3 is 2.37 bits per heavy atom. The minimum atomic E-state index is 0.813. The van der Waals surface area contributed by atoms with Gasteiger partial charge in [-0.25, -0.2) is 4.98 Å². The van der Waals surface area contributed by atoms with E-state index in [1.54, 1.807) is 0 Å². The van der Waals surface area contributed by atoms with Gasteiger partial charge < -0.3 is 8.98 Å². The van der Waals surface area contributed by atoms with E-state index in [1.807, 2.05) is 17.4 Å². The molecule has 0 amide bonds. The van der Waals surface area contributed by atoms with Crippen LogP contribution >= 0.6 is 11.3 Å². The molecule has 0 fully saturated rings. The molecule has 0 bridgehead atoms. The summed E-state index contributed by atoms with van der Waals surface area (Å²) >= 11 is 1.87. The van der Waals surface area contributed by atoms with Crippen LogP contribution in [0.2, 0.25) is 0 Å².